The highest BCUT2D eigenvalue weighted by Crippen LogP contribution is 2.33. The maximum Gasteiger partial charge on any atom is 0.311 e. The quantitative estimate of drug-likeness (QED) is 0.490. The molecule has 0 amide bonds. The van der Waals surface area contributed by atoms with Crippen LogP contribution in [0, 0.1) is 13.7 Å². The van der Waals surface area contributed by atoms with Crippen molar-refractivity contribution < 1.29 is 14.8 Å². The number of benzene rings is 2. The highest BCUT2D eigenvalue weighted by Gasteiger charge is 2.18. The number of nitrogens with zero attached hydrogens (tertiary/aromatic N) is 1. The number of nitro groups is 1. The van der Waals surface area contributed by atoms with E-state index in [0.29, 0.717) is 11.3 Å². The molecular formula is C14H12INO4. The molecule has 2 aromatic carbocycles. The van der Waals surface area contributed by atoms with Crippen LogP contribution in [0.15, 0.2) is 42.5 Å². The third kappa shape index (κ3) is 3.45. The molecule has 0 radical (unpaired) electrons. The number of halogens is 1. The van der Waals surface area contributed by atoms with Crippen molar-refractivity contribution in [3.05, 3.63) is 61.7 Å². The lowest BCUT2D eigenvalue weighted by Gasteiger charge is -2.09. The van der Waals surface area contributed by atoms with E-state index in [1.807, 2.05) is 12.1 Å². The third-order valence-electron chi connectivity index (χ3n) is 2.70. The zero-order valence-electron chi connectivity index (χ0n) is 10.6. The second-order valence-corrected chi connectivity index (χ2v) is 5.46. The standard InChI is InChI=1S/C14H12INO4/c1-9(17)10-2-7-14(13(8-10)16(18)19)20-12-5-3-11(15)4-6-12/h2-9,17H,1H3. The molecule has 0 aliphatic rings. The molecule has 0 saturated heterocycles. The minimum absolute atomic E-state index is 0.153. The smallest absolute Gasteiger partial charge is 0.311 e. The Morgan fingerprint density at radius 1 is 1.25 bits per heavy atom. The van der Waals surface area contributed by atoms with E-state index in [2.05, 4.69) is 22.6 Å². The first-order chi connectivity index (χ1) is 9.47. The number of ether oxygens (including phenoxy) is 1. The molecule has 0 saturated carbocycles. The van der Waals surface area contributed by atoms with Crippen LogP contribution in [0.5, 0.6) is 11.5 Å². The largest absolute Gasteiger partial charge is 0.450 e. The molecule has 0 fully saturated rings. The van der Waals surface area contributed by atoms with Gasteiger partial charge in [0.1, 0.15) is 5.75 Å². The van der Waals surface area contributed by atoms with Crippen LogP contribution >= 0.6 is 22.6 Å². The summed E-state index contributed by atoms with van der Waals surface area (Å²) < 4.78 is 6.58. The fourth-order valence-corrected chi connectivity index (χ4v) is 2.01. The van der Waals surface area contributed by atoms with Crippen LogP contribution < -0.4 is 4.74 Å². The fraction of sp³-hybridized carbons (Fsp3) is 0.143. The van der Waals surface area contributed by atoms with Gasteiger partial charge in [-0.2, -0.15) is 0 Å². The molecule has 2 rings (SSSR count). The van der Waals surface area contributed by atoms with Crippen LogP contribution in [0.1, 0.15) is 18.6 Å². The van der Waals surface area contributed by atoms with E-state index in [9.17, 15) is 15.2 Å². The lowest BCUT2D eigenvalue weighted by Crippen LogP contribution is -1.97. The van der Waals surface area contributed by atoms with E-state index >= 15 is 0 Å². The van der Waals surface area contributed by atoms with Gasteiger partial charge in [-0.25, -0.2) is 0 Å². The van der Waals surface area contributed by atoms with E-state index < -0.39 is 11.0 Å². The topological polar surface area (TPSA) is 72.6 Å². The predicted octanol–water partition coefficient (Wildman–Crippen LogP) is 4.05. The highest BCUT2D eigenvalue weighted by molar-refractivity contribution is 14.1. The lowest BCUT2D eigenvalue weighted by atomic mass is 10.1. The van der Waals surface area contributed by atoms with Crippen molar-refractivity contribution in [2.24, 2.45) is 0 Å². The van der Waals surface area contributed by atoms with Crippen LogP contribution in [0.2, 0.25) is 0 Å². The van der Waals surface area contributed by atoms with Crippen molar-refractivity contribution in [1.29, 1.82) is 0 Å². The second kappa shape index (κ2) is 6.19. The Morgan fingerprint density at radius 3 is 2.45 bits per heavy atom. The van der Waals surface area contributed by atoms with Gasteiger partial charge < -0.3 is 9.84 Å². The van der Waals surface area contributed by atoms with Gasteiger partial charge in [-0.05, 0) is 65.4 Å². The lowest BCUT2D eigenvalue weighted by molar-refractivity contribution is -0.385. The molecule has 104 valence electrons. The average Bonchev–Trinajstić information content (AvgIpc) is 2.41. The second-order valence-electron chi connectivity index (χ2n) is 4.22. The fourth-order valence-electron chi connectivity index (χ4n) is 1.65. The summed E-state index contributed by atoms with van der Waals surface area (Å²) in [5, 5.41) is 20.6. The maximum absolute atomic E-state index is 11.1. The molecule has 6 heteroatoms. The molecule has 0 aliphatic heterocycles. The van der Waals surface area contributed by atoms with Crippen molar-refractivity contribution in [2.45, 2.75) is 13.0 Å². The number of hydrogen-bond acceptors (Lipinski definition) is 4. The van der Waals surface area contributed by atoms with Gasteiger partial charge in [0.2, 0.25) is 5.75 Å². The minimum atomic E-state index is -0.763. The van der Waals surface area contributed by atoms with Crippen molar-refractivity contribution in [3.8, 4) is 11.5 Å². The van der Waals surface area contributed by atoms with Crippen LogP contribution in [-0.4, -0.2) is 10.0 Å². The van der Waals surface area contributed by atoms with E-state index in [1.165, 1.54) is 12.1 Å². The van der Waals surface area contributed by atoms with Gasteiger partial charge in [0.15, 0.2) is 0 Å². The van der Waals surface area contributed by atoms with E-state index in [1.54, 1.807) is 25.1 Å². The van der Waals surface area contributed by atoms with E-state index in [-0.39, 0.29) is 11.4 Å². The Bertz CT molecular complexity index is 626. The molecular weight excluding hydrogens is 373 g/mol. The molecule has 0 aliphatic carbocycles. The molecule has 20 heavy (non-hydrogen) atoms. The summed E-state index contributed by atoms with van der Waals surface area (Å²) in [6, 6.07) is 11.6. The first-order valence-electron chi connectivity index (χ1n) is 5.87. The zero-order valence-corrected chi connectivity index (χ0v) is 12.8. The molecule has 2 aromatic rings. The van der Waals surface area contributed by atoms with Crippen molar-refractivity contribution in [3.63, 3.8) is 0 Å². The van der Waals surface area contributed by atoms with Gasteiger partial charge in [0, 0.05) is 9.64 Å². The Balaban J connectivity index is 2.35. The van der Waals surface area contributed by atoms with Crippen LogP contribution in [0.25, 0.3) is 0 Å². The maximum atomic E-state index is 11.1. The average molecular weight is 385 g/mol. The molecule has 1 atom stereocenters. The normalized spacial score (nSPS) is 11.9. The monoisotopic (exact) mass is 385 g/mol. The molecule has 5 nitrogen and oxygen atoms in total. The summed E-state index contributed by atoms with van der Waals surface area (Å²) in [4.78, 5) is 10.6. The Hall–Kier alpha value is -1.67. The van der Waals surface area contributed by atoms with Crippen LogP contribution in [-0.2, 0) is 0 Å². The minimum Gasteiger partial charge on any atom is -0.450 e. The molecule has 1 unspecified atom stereocenters. The van der Waals surface area contributed by atoms with Crippen LogP contribution in [0.3, 0.4) is 0 Å². The van der Waals surface area contributed by atoms with Crippen molar-refractivity contribution in [2.75, 3.05) is 0 Å². The first-order valence-corrected chi connectivity index (χ1v) is 6.95. The van der Waals surface area contributed by atoms with Gasteiger partial charge in [-0.1, -0.05) is 6.07 Å². The molecule has 0 heterocycles. The third-order valence-corrected chi connectivity index (χ3v) is 3.42. The summed E-state index contributed by atoms with van der Waals surface area (Å²) in [6.07, 6.45) is -0.763. The van der Waals surface area contributed by atoms with Crippen LogP contribution in [0.4, 0.5) is 5.69 Å². The summed E-state index contributed by atoms with van der Waals surface area (Å²) in [5.41, 5.74) is 0.314. The summed E-state index contributed by atoms with van der Waals surface area (Å²) in [7, 11) is 0. The summed E-state index contributed by atoms with van der Waals surface area (Å²) >= 11 is 2.16. The molecule has 0 spiro atoms. The zero-order chi connectivity index (χ0) is 14.7. The Kier molecular flexibility index (Phi) is 4.56. The van der Waals surface area contributed by atoms with Gasteiger partial charge >= 0.3 is 5.69 Å². The number of aliphatic hydroxyl groups is 1. The first kappa shape index (κ1) is 14.7. The Morgan fingerprint density at radius 2 is 1.90 bits per heavy atom. The summed E-state index contributed by atoms with van der Waals surface area (Å²) in [6.45, 7) is 1.55. The van der Waals surface area contributed by atoms with Gasteiger partial charge in [-0.15, -0.1) is 0 Å². The molecule has 0 bridgehead atoms. The van der Waals surface area contributed by atoms with Gasteiger partial charge in [-0.3, -0.25) is 10.1 Å². The van der Waals surface area contributed by atoms with E-state index in [0.717, 1.165) is 3.57 Å². The number of aliphatic hydroxyl groups excluding tert-OH is 1. The van der Waals surface area contributed by atoms with Crippen molar-refractivity contribution >= 4 is 28.3 Å². The van der Waals surface area contributed by atoms with Crippen molar-refractivity contribution in [1.82, 2.24) is 0 Å². The number of hydrogen-bond donors (Lipinski definition) is 1. The Labute approximate surface area is 129 Å². The SMILES string of the molecule is CC(O)c1ccc(Oc2ccc(I)cc2)c([N+](=O)[O-])c1. The molecule has 0 aromatic heterocycles. The predicted molar refractivity (Wildman–Crippen MR) is 83.0 cm³/mol. The summed E-state index contributed by atoms with van der Waals surface area (Å²) in [5.74, 6) is 0.680. The highest BCUT2D eigenvalue weighted by atomic mass is 127. The number of nitro benzene ring substituents is 1. The molecule has 1 N–H and O–H groups in total. The van der Waals surface area contributed by atoms with Gasteiger partial charge in [0.25, 0.3) is 0 Å². The van der Waals surface area contributed by atoms with E-state index in [4.69, 9.17) is 4.74 Å². The van der Waals surface area contributed by atoms with Gasteiger partial charge in [0.05, 0.1) is 11.0 Å². The number of rotatable bonds is 4.